The summed E-state index contributed by atoms with van der Waals surface area (Å²) in [5, 5.41) is 0.318. The van der Waals surface area contributed by atoms with E-state index in [1.807, 2.05) is 29.2 Å². The molecule has 1 saturated carbocycles. The van der Waals surface area contributed by atoms with Crippen LogP contribution in [0.4, 0.5) is 0 Å². The number of halogens is 1. The molecule has 0 bridgehead atoms. The van der Waals surface area contributed by atoms with Crippen molar-refractivity contribution in [1.29, 1.82) is 0 Å². The fourth-order valence-electron chi connectivity index (χ4n) is 4.48. The van der Waals surface area contributed by atoms with E-state index in [0.717, 1.165) is 29.7 Å². The highest BCUT2D eigenvalue weighted by Crippen LogP contribution is 2.52. The molecule has 7 heteroatoms. The number of likely N-dealkylation sites (tertiary alicyclic amines) is 1. The maximum atomic E-state index is 13.4. The Bertz CT molecular complexity index is 986. The van der Waals surface area contributed by atoms with Gasteiger partial charge >= 0.3 is 5.97 Å². The SMILES string of the molecule is COc1ccc(C2(C(=O)N3CCC4(C3)OC(=O)c3cnc(Cl)cc34)CC2)cc1. The molecule has 144 valence electrons. The van der Waals surface area contributed by atoms with Gasteiger partial charge in [-0.1, -0.05) is 23.7 Å². The van der Waals surface area contributed by atoms with Gasteiger partial charge in [-0.25, -0.2) is 9.78 Å². The molecule has 1 unspecified atom stereocenters. The highest BCUT2D eigenvalue weighted by Gasteiger charge is 2.57. The number of pyridine rings is 1. The Hall–Kier alpha value is -2.60. The molecule has 1 amide bonds. The molecule has 1 aromatic carbocycles. The van der Waals surface area contributed by atoms with E-state index in [1.54, 1.807) is 13.2 Å². The summed E-state index contributed by atoms with van der Waals surface area (Å²) >= 11 is 6.05. The van der Waals surface area contributed by atoms with Crippen molar-refractivity contribution in [2.75, 3.05) is 20.2 Å². The number of aromatic nitrogens is 1. The van der Waals surface area contributed by atoms with Gasteiger partial charge in [0.1, 0.15) is 10.9 Å². The van der Waals surface area contributed by atoms with Crippen molar-refractivity contribution in [3.63, 3.8) is 0 Å². The average molecular weight is 399 g/mol. The maximum absolute atomic E-state index is 13.4. The standard InChI is InChI=1S/C21H19ClN2O4/c1-27-14-4-2-13(3-5-14)20(6-7-20)19(26)24-9-8-21(12-24)16-10-17(22)23-11-15(16)18(25)28-21/h2-5,10-11H,6-9,12H2,1H3. The molecular formula is C21H19ClN2O4. The first-order valence-corrected chi connectivity index (χ1v) is 9.69. The minimum Gasteiger partial charge on any atom is -0.497 e. The molecule has 2 fully saturated rings. The van der Waals surface area contributed by atoms with E-state index in [0.29, 0.717) is 30.2 Å². The summed E-state index contributed by atoms with van der Waals surface area (Å²) in [6.07, 6.45) is 3.68. The number of carbonyl (C=O) groups excluding carboxylic acids is 2. The summed E-state index contributed by atoms with van der Waals surface area (Å²) in [6.45, 7) is 0.895. The second kappa shape index (κ2) is 5.95. The topological polar surface area (TPSA) is 68.7 Å². The lowest BCUT2D eigenvalue weighted by Crippen LogP contribution is -2.40. The first kappa shape index (κ1) is 17.5. The van der Waals surface area contributed by atoms with Crippen LogP contribution >= 0.6 is 11.6 Å². The predicted octanol–water partition coefficient (Wildman–Crippen LogP) is 3.07. The number of hydrogen-bond donors (Lipinski definition) is 0. The van der Waals surface area contributed by atoms with Crippen LogP contribution in [0, 0.1) is 0 Å². The van der Waals surface area contributed by atoms with Crippen molar-refractivity contribution in [1.82, 2.24) is 9.88 Å². The zero-order valence-corrected chi connectivity index (χ0v) is 16.2. The monoisotopic (exact) mass is 398 g/mol. The van der Waals surface area contributed by atoms with Crippen molar-refractivity contribution < 1.29 is 19.1 Å². The van der Waals surface area contributed by atoms with E-state index in [1.165, 1.54) is 6.20 Å². The molecule has 2 aliphatic heterocycles. The quantitative estimate of drug-likeness (QED) is 0.587. The number of ether oxygens (including phenoxy) is 2. The molecule has 0 radical (unpaired) electrons. The van der Waals surface area contributed by atoms with E-state index in [2.05, 4.69) is 4.98 Å². The minimum absolute atomic E-state index is 0.0965. The molecule has 3 aliphatic rings. The van der Waals surface area contributed by atoms with Crippen LogP contribution in [0.5, 0.6) is 5.75 Å². The van der Waals surface area contributed by atoms with Gasteiger partial charge in [-0.2, -0.15) is 0 Å². The Morgan fingerprint density at radius 1 is 1.25 bits per heavy atom. The molecule has 1 saturated heterocycles. The normalized spacial score (nSPS) is 24.2. The lowest BCUT2D eigenvalue weighted by Gasteiger charge is -2.27. The van der Waals surface area contributed by atoms with Gasteiger partial charge in [0.2, 0.25) is 5.91 Å². The first-order chi connectivity index (χ1) is 13.5. The predicted molar refractivity (Wildman–Crippen MR) is 101 cm³/mol. The Labute approximate surface area is 167 Å². The highest BCUT2D eigenvalue weighted by atomic mass is 35.5. The zero-order valence-electron chi connectivity index (χ0n) is 15.4. The molecule has 1 aromatic heterocycles. The van der Waals surface area contributed by atoms with E-state index in [-0.39, 0.29) is 5.91 Å². The van der Waals surface area contributed by atoms with E-state index < -0.39 is 17.0 Å². The second-order valence-electron chi connectivity index (χ2n) is 7.72. The molecule has 0 N–H and O–H groups in total. The van der Waals surface area contributed by atoms with Gasteiger partial charge < -0.3 is 14.4 Å². The van der Waals surface area contributed by atoms with Crippen molar-refractivity contribution in [2.45, 2.75) is 30.3 Å². The molecule has 1 atom stereocenters. The fraction of sp³-hybridized carbons (Fsp3) is 0.381. The number of rotatable bonds is 3. The van der Waals surface area contributed by atoms with Crippen LogP contribution in [-0.2, 0) is 20.5 Å². The average Bonchev–Trinajstić information content (AvgIpc) is 3.34. The van der Waals surface area contributed by atoms with Crippen molar-refractivity contribution in [3.05, 3.63) is 58.4 Å². The van der Waals surface area contributed by atoms with Crippen molar-refractivity contribution in [3.8, 4) is 5.75 Å². The largest absolute Gasteiger partial charge is 0.497 e. The van der Waals surface area contributed by atoms with Gasteiger partial charge in [0.05, 0.1) is 24.6 Å². The van der Waals surface area contributed by atoms with Crippen LogP contribution in [-0.4, -0.2) is 42.0 Å². The van der Waals surface area contributed by atoms with Gasteiger partial charge in [-0.3, -0.25) is 4.79 Å². The van der Waals surface area contributed by atoms with Crippen LogP contribution in [0.15, 0.2) is 36.5 Å². The number of hydrogen-bond acceptors (Lipinski definition) is 5. The number of fused-ring (bicyclic) bond motifs is 2. The van der Waals surface area contributed by atoms with E-state index >= 15 is 0 Å². The molecule has 5 rings (SSSR count). The second-order valence-corrected chi connectivity index (χ2v) is 8.11. The molecule has 2 aromatic rings. The summed E-state index contributed by atoms with van der Waals surface area (Å²) in [5.74, 6) is 0.469. The van der Waals surface area contributed by atoms with Crippen LogP contribution in [0.1, 0.15) is 40.7 Å². The minimum atomic E-state index is -0.815. The number of nitrogens with zero attached hydrogens (tertiary/aromatic N) is 2. The highest BCUT2D eigenvalue weighted by molar-refractivity contribution is 6.29. The number of benzene rings is 1. The zero-order chi connectivity index (χ0) is 19.5. The third kappa shape index (κ3) is 2.44. The summed E-state index contributed by atoms with van der Waals surface area (Å²) in [4.78, 5) is 31.5. The lowest BCUT2D eigenvalue weighted by atomic mass is 9.92. The summed E-state index contributed by atoms with van der Waals surface area (Å²) in [6, 6.07) is 9.39. The van der Waals surface area contributed by atoms with Crippen LogP contribution in [0.25, 0.3) is 0 Å². The Morgan fingerprint density at radius 2 is 2.00 bits per heavy atom. The maximum Gasteiger partial charge on any atom is 0.341 e. The van der Waals surface area contributed by atoms with Crippen molar-refractivity contribution >= 4 is 23.5 Å². The molecule has 3 heterocycles. The molecule has 1 spiro atoms. The van der Waals surface area contributed by atoms with Gasteiger partial charge in [0.15, 0.2) is 5.60 Å². The smallest absolute Gasteiger partial charge is 0.341 e. The summed E-state index contributed by atoms with van der Waals surface area (Å²) in [7, 11) is 1.62. The van der Waals surface area contributed by atoms with Crippen LogP contribution < -0.4 is 4.74 Å². The lowest BCUT2D eigenvalue weighted by molar-refractivity contribution is -0.134. The number of amides is 1. The van der Waals surface area contributed by atoms with E-state index in [9.17, 15) is 9.59 Å². The van der Waals surface area contributed by atoms with Gasteiger partial charge in [-0.05, 0) is 36.6 Å². The number of carbonyl (C=O) groups is 2. The number of esters is 1. The van der Waals surface area contributed by atoms with Crippen LogP contribution in [0.3, 0.4) is 0 Å². The van der Waals surface area contributed by atoms with Crippen molar-refractivity contribution in [2.24, 2.45) is 0 Å². The molecule has 28 heavy (non-hydrogen) atoms. The third-order valence-electron chi connectivity index (χ3n) is 6.19. The fourth-order valence-corrected chi connectivity index (χ4v) is 4.64. The molecular weight excluding hydrogens is 380 g/mol. The molecule has 6 nitrogen and oxygen atoms in total. The van der Waals surface area contributed by atoms with Crippen LogP contribution in [0.2, 0.25) is 5.15 Å². The van der Waals surface area contributed by atoms with Gasteiger partial charge in [0, 0.05) is 24.7 Å². The molecule has 1 aliphatic carbocycles. The van der Waals surface area contributed by atoms with E-state index in [4.69, 9.17) is 21.1 Å². The van der Waals surface area contributed by atoms with Gasteiger partial charge in [0.25, 0.3) is 0 Å². The summed E-state index contributed by atoms with van der Waals surface area (Å²) < 4.78 is 11.0. The Morgan fingerprint density at radius 3 is 2.68 bits per heavy atom. The summed E-state index contributed by atoms with van der Waals surface area (Å²) in [5.41, 5.74) is 0.899. The third-order valence-corrected chi connectivity index (χ3v) is 6.40. The first-order valence-electron chi connectivity index (χ1n) is 9.31. The Balaban J connectivity index is 1.42. The Kier molecular flexibility index (Phi) is 3.72. The van der Waals surface area contributed by atoms with Gasteiger partial charge in [-0.15, -0.1) is 0 Å². The number of methoxy groups -OCH3 is 1.